The first-order valence-corrected chi connectivity index (χ1v) is 3.12. The molecule has 1 aromatic rings. The molecule has 59 valence electrons. The van der Waals surface area contributed by atoms with Crippen molar-refractivity contribution in [2.45, 2.75) is 13.5 Å². The summed E-state index contributed by atoms with van der Waals surface area (Å²) >= 11 is 0. The molecular formula is C8H7F2O. The van der Waals surface area contributed by atoms with Gasteiger partial charge in [-0.3, -0.25) is 0 Å². The van der Waals surface area contributed by atoms with Gasteiger partial charge in [-0.1, -0.05) is 18.2 Å². The molecule has 0 N–H and O–H groups in total. The highest BCUT2D eigenvalue weighted by atomic mass is 19.3. The average molecular weight is 157 g/mol. The molecule has 11 heavy (non-hydrogen) atoms. The molecule has 0 aliphatic carbocycles. The maximum Gasteiger partial charge on any atom is 0.387 e. The monoisotopic (exact) mass is 157 g/mol. The molecule has 0 amide bonds. The van der Waals surface area contributed by atoms with Crippen LogP contribution in [0.2, 0.25) is 0 Å². The lowest BCUT2D eigenvalue weighted by Gasteiger charge is -2.05. The summed E-state index contributed by atoms with van der Waals surface area (Å²) in [5.41, 5.74) is 0.660. The molecular weight excluding hydrogens is 150 g/mol. The Kier molecular flexibility index (Phi) is 2.41. The van der Waals surface area contributed by atoms with Gasteiger partial charge in [0, 0.05) is 6.07 Å². The second-order valence-corrected chi connectivity index (χ2v) is 2.06. The Hall–Kier alpha value is -1.12. The zero-order valence-corrected chi connectivity index (χ0v) is 5.97. The zero-order chi connectivity index (χ0) is 8.27. The van der Waals surface area contributed by atoms with Crippen molar-refractivity contribution < 1.29 is 13.5 Å². The average Bonchev–Trinajstić information content (AvgIpc) is 1.93. The number of alkyl halides is 2. The first-order chi connectivity index (χ1) is 5.20. The summed E-state index contributed by atoms with van der Waals surface area (Å²) in [5.74, 6) is 0.113. The minimum Gasteiger partial charge on any atom is -0.434 e. The van der Waals surface area contributed by atoms with Crippen LogP contribution >= 0.6 is 0 Å². The first-order valence-electron chi connectivity index (χ1n) is 3.12. The molecule has 0 saturated heterocycles. The van der Waals surface area contributed by atoms with E-state index >= 15 is 0 Å². The van der Waals surface area contributed by atoms with Crippen molar-refractivity contribution >= 4 is 0 Å². The Bertz CT molecular complexity index is 235. The Balaban J connectivity index is 2.78. The third-order valence-electron chi connectivity index (χ3n) is 1.22. The van der Waals surface area contributed by atoms with Crippen LogP contribution in [0.3, 0.4) is 0 Å². The van der Waals surface area contributed by atoms with Crippen molar-refractivity contribution in [2.24, 2.45) is 0 Å². The molecule has 1 radical (unpaired) electrons. The van der Waals surface area contributed by atoms with Gasteiger partial charge in [-0.2, -0.15) is 8.78 Å². The second kappa shape index (κ2) is 3.32. The van der Waals surface area contributed by atoms with Crippen molar-refractivity contribution in [3.8, 4) is 5.75 Å². The minimum absolute atomic E-state index is 0.113. The van der Waals surface area contributed by atoms with Crippen LogP contribution in [0.4, 0.5) is 8.78 Å². The molecule has 0 fully saturated rings. The van der Waals surface area contributed by atoms with Crippen LogP contribution in [0.15, 0.2) is 18.2 Å². The molecule has 0 aliphatic heterocycles. The van der Waals surface area contributed by atoms with Crippen LogP contribution in [0, 0.1) is 13.0 Å². The summed E-state index contributed by atoms with van der Waals surface area (Å²) in [6.45, 7) is -1.08. The Labute approximate surface area is 63.6 Å². The SMILES string of the molecule is Cc1ccc[c]c1OC(F)F. The summed E-state index contributed by atoms with van der Waals surface area (Å²) in [4.78, 5) is 0. The molecule has 0 unspecified atom stereocenters. The van der Waals surface area contributed by atoms with Gasteiger partial charge in [0.25, 0.3) is 0 Å². The standard InChI is InChI=1S/C8H7F2O/c1-6-4-2-3-5-7(6)11-8(9)10/h2-4,8H,1H3. The van der Waals surface area contributed by atoms with E-state index in [1.807, 2.05) is 0 Å². The second-order valence-electron chi connectivity index (χ2n) is 2.06. The smallest absolute Gasteiger partial charge is 0.387 e. The number of ether oxygens (including phenoxy) is 1. The maximum atomic E-state index is 11.7. The predicted octanol–water partition coefficient (Wildman–Crippen LogP) is 2.40. The lowest BCUT2D eigenvalue weighted by molar-refractivity contribution is -0.0504. The highest BCUT2D eigenvalue weighted by molar-refractivity contribution is 5.30. The van der Waals surface area contributed by atoms with Crippen LogP contribution in [-0.2, 0) is 0 Å². The van der Waals surface area contributed by atoms with Crippen LogP contribution in [-0.4, -0.2) is 6.61 Å². The van der Waals surface area contributed by atoms with Gasteiger partial charge in [0.05, 0.1) is 0 Å². The quantitative estimate of drug-likeness (QED) is 0.640. The van der Waals surface area contributed by atoms with Gasteiger partial charge >= 0.3 is 6.61 Å². The van der Waals surface area contributed by atoms with E-state index in [-0.39, 0.29) is 5.75 Å². The molecule has 0 atom stereocenters. The summed E-state index contributed by atoms with van der Waals surface area (Å²) in [6, 6.07) is 7.50. The summed E-state index contributed by atoms with van der Waals surface area (Å²) in [5, 5.41) is 0. The molecule has 1 rings (SSSR count). The van der Waals surface area contributed by atoms with E-state index in [0.717, 1.165) is 0 Å². The topological polar surface area (TPSA) is 9.23 Å². The van der Waals surface area contributed by atoms with Crippen LogP contribution in [0.5, 0.6) is 5.75 Å². The van der Waals surface area contributed by atoms with Crippen LogP contribution < -0.4 is 4.74 Å². The largest absolute Gasteiger partial charge is 0.434 e. The lowest BCUT2D eigenvalue weighted by Crippen LogP contribution is -2.02. The first kappa shape index (κ1) is 7.98. The Morgan fingerprint density at radius 1 is 1.55 bits per heavy atom. The van der Waals surface area contributed by atoms with Crippen molar-refractivity contribution in [3.63, 3.8) is 0 Å². The Morgan fingerprint density at radius 3 is 2.82 bits per heavy atom. The highest BCUT2D eigenvalue weighted by Crippen LogP contribution is 2.17. The van der Waals surface area contributed by atoms with Gasteiger partial charge in [-0.25, -0.2) is 0 Å². The number of hydrogen-bond donors (Lipinski definition) is 0. The molecule has 0 heterocycles. The van der Waals surface area contributed by atoms with Crippen molar-refractivity contribution in [3.05, 3.63) is 29.8 Å². The minimum atomic E-state index is -2.77. The molecule has 0 bridgehead atoms. The van der Waals surface area contributed by atoms with E-state index in [4.69, 9.17) is 0 Å². The lowest BCUT2D eigenvalue weighted by atomic mass is 10.2. The predicted molar refractivity (Wildman–Crippen MR) is 36.6 cm³/mol. The third kappa shape index (κ3) is 2.18. The third-order valence-corrected chi connectivity index (χ3v) is 1.22. The van der Waals surface area contributed by atoms with Gasteiger partial charge in [-0.05, 0) is 12.5 Å². The highest BCUT2D eigenvalue weighted by Gasteiger charge is 2.05. The van der Waals surface area contributed by atoms with Crippen molar-refractivity contribution in [1.82, 2.24) is 0 Å². The van der Waals surface area contributed by atoms with Crippen LogP contribution in [0.25, 0.3) is 0 Å². The van der Waals surface area contributed by atoms with E-state index in [0.29, 0.717) is 5.56 Å². The van der Waals surface area contributed by atoms with E-state index in [1.54, 1.807) is 19.1 Å². The molecule has 0 aromatic heterocycles. The zero-order valence-electron chi connectivity index (χ0n) is 5.97. The fourth-order valence-corrected chi connectivity index (χ4v) is 0.722. The fraction of sp³-hybridized carbons (Fsp3) is 0.250. The number of halogens is 2. The number of hydrogen-bond acceptors (Lipinski definition) is 1. The number of benzene rings is 1. The van der Waals surface area contributed by atoms with Gasteiger partial charge in [0.2, 0.25) is 0 Å². The molecule has 0 saturated carbocycles. The van der Waals surface area contributed by atoms with E-state index in [9.17, 15) is 8.78 Å². The molecule has 1 nitrogen and oxygen atoms in total. The molecule has 1 aromatic carbocycles. The Morgan fingerprint density at radius 2 is 2.27 bits per heavy atom. The van der Waals surface area contributed by atoms with Gasteiger partial charge in [0.1, 0.15) is 5.75 Å². The van der Waals surface area contributed by atoms with Crippen LogP contribution in [0.1, 0.15) is 5.56 Å². The normalized spacial score (nSPS) is 10.2. The number of para-hydroxylation sites is 1. The van der Waals surface area contributed by atoms with Crippen molar-refractivity contribution in [2.75, 3.05) is 0 Å². The van der Waals surface area contributed by atoms with Gasteiger partial charge in [-0.15, -0.1) is 0 Å². The fourth-order valence-electron chi connectivity index (χ4n) is 0.722. The van der Waals surface area contributed by atoms with Gasteiger partial charge in [0.15, 0.2) is 0 Å². The summed E-state index contributed by atoms with van der Waals surface area (Å²) < 4.78 is 27.5. The summed E-state index contributed by atoms with van der Waals surface area (Å²) in [7, 11) is 0. The molecule has 3 heteroatoms. The number of aryl methyl sites for hydroxylation is 1. The molecule has 0 aliphatic rings. The van der Waals surface area contributed by atoms with E-state index in [2.05, 4.69) is 10.8 Å². The number of rotatable bonds is 2. The van der Waals surface area contributed by atoms with Crippen molar-refractivity contribution in [1.29, 1.82) is 0 Å². The van der Waals surface area contributed by atoms with E-state index in [1.165, 1.54) is 6.07 Å². The molecule has 0 spiro atoms. The van der Waals surface area contributed by atoms with Gasteiger partial charge < -0.3 is 4.74 Å². The maximum absolute atomic E-state index is 11.7. The summed E-state index contributed by atoms with van der Waals surface area (Å²) in [6.07, 6.45) is 0. The van der Waals surface area contributed by atoms with E-state index < -0.39 is 6.61 Å².